The van der Waals surface area contributed by atoms with Crippen molar-refractivity contribution in [2.24, 2.45) is 11.1 Å². The highest BCUT2D eigenvalue weighted by Crippen LogP contribution is 2.19. The number of hydrogen-bond acceptors (Lipinski definition) is 3. The van der Waals surface area contributed by atoms with E-state index in [1.165, 1.54) is 0 Å². The summed E-state index contributed by atoms with van der Waals surface area (Å²) in [5.41, 5.74) is 6.13. The summed E-state index contributed by atoms with van der Waals surface area (Å²) in [6.45, 7) is 8.75. The molecule has 0 bridgehead atoms. The van der Waals surface area contributed by atoms with E-state index in [1.54, 1.807) is 7.11 Å². The maximum Gasteiger partial charge on any atom is 0.0525 e. The second-order valence-corrected chi connectivity index (χ2v) is 5.21. The normalized spacial score (nSPS) is 20.0. The molecule has 3 nitrogen and oxygen atoms in total. The van der Waals surface area contributed by atoms with Gasteiger partial charge in [-0.2, -0.15) is 0 Å². The lowest BCUT2D eigenvalue weighted by molar-refractivity contribution is 0.0613. The maximum absolute atomic E-state index is 5.87. The predicted molar refractivity (Wildman–Crippen MR) is 66.6 cm³/mol. The van der Waals surface area contributed by atoms with Crippen molar-refractivity contribution in [3.63, 3.8) is 0 Å². The molecule has 1 aliphatic heterocycles. The molecule has 92 valence electrons. The van der Waals surface area contributed by atoms with Gasteiger partial charge in [0.2, 0.25) is 0 Å². The molecule has 0 amide bonds. The van der Waals surface area contributed by atoms with Gasteiger partial charge in [-0.05, 0) is 25.9 Å². The second-order valence-electron chi connectivity index (χ2n) is 5.21. The smallest absolute Gasteiger partial charge is 0.0525 e. The van der Waals surface area contributed by atoms with E-state index in [4.69, 9.17) is 10.5 Å². The number of rotatable bonds is 4. The summed E-state index contributed by atoms with van der Waals surface area (Å²) < 4.78 is 5.22. The van der Waals surface area contributed by atoms with Gasteiger partial charge in [0.15, 0.2) is 0 Å². The van der Waals surface area contributed by atoms with Crippen LogP contribution in [-0.2, 0) is 4.74 Å². The summed E-state index contributed by atoms with van der Waals surface area (Å²) >= 11 is 0. The topological polar surface area (TPSA) is 38.5 Å². The van der Waals surface area contributed by atoms with Crippen LogP contribution in [0.2, 0.25) is 0 Å². The van der Waals surface area contributed by atoms with Crippen molar-refractivity contribution in [1.29, 1.82) is 0 Å². The Kier molecular flexibility index (Phi) is 6.76. The van der Waals surface area contributed by atoms with Gasteiger partial charge >= 0.3 is 0 Å². The molecule has 1 heterocycles. The Morgan fingerprint density at radius 3 is 2.33 bits per heavy atom. The zero-order valence-electron chi connectivity index (χ0n) is 10.2. The molecule has 1 rings (SSSR count). The molecule has 0 aromatic heterocycles. The average Bonchev–Trinajstić information content (AvgIpc) is 2.08. The number of methoxy groups -OCH3 is 1. The van der Waals surface area contributed by atoms with E-state index in [0.29, 0.717) is 6.04 Å². The monoisotopic (exact) mass is 236 g/mol. The average molecular weight is 237 g/mol. The van der Waals surface area contributed by atoms with E-state index < -0.39 is 0 Å². The van der Waals surface area contributed by atoms with Crippen LogP contribution in [0.1, 0.15) is 26.7 Å². The molecule has 2 N–H and O–H groups in total. The first-order valence-corrected chi connectivity index (χ1v) is 5.50. The van der Waals surface area contributed by atoms with Crippen LogP contribution in [0.3, 0.4) is 0 Å². The van der Waals surface area contributed by atoms with Gasteiger partial charge < -0.3 is 15.4 Å². The van der Waals surface area contributed by atoms with Gasteiger partial charge in [0.1, 0.15) is 0 Å². The van der Waals surface area contributed by atoms with Crippen molar-refractivity contribution in [2.45, 2.75) is 32.7 Å². The Morgan fingerprint density at radius 1 is 1.33 bits per heavy atom. The number of nitrogens with two attached hydrogens (primary N) is 1. The molecule has 0 radical (unpaired) electrons. The van der Waals surface area contributed by atoms with E-state index in [2.05, 4.69) is 18.7 Å². The molecule has 0 aromatic carbocycles. The molecule has 4 heteroatoms. The van der Waals surface area contributed by atoms with Crippen LogP contribution >= 0.6 is 12.4 Å². The molecule has 0 atom stereocenters. The third kappa shape index (κ3) is 5.71. The Labute approximate surface area is 99.7 Å². The molecule has 0 unspecified atom stereocenters. The summed E-state index contributed by atoms with van der Waals surface area (Å²) in [6, 6.07) is 0.428. The number of nitrogens with zero attached hydrogens (tertiary/aromatic N) is 1. The van der Waals surface area contributed by atoms with Crippen LogP contribution in [0.15, 0.2) is 0 Å². The molecular weight excluding hydrogens is 212 g/mol. The van der Waals surface area contributed by atoms with Gasteiger partial charge in [-0.1, -0.05) is 13.8 Å². The maximum atomic E-state index is 5.87. The summed E-state index contributed by atoms with van der Waals surface area (Å²) in [4.78, 5) is 2.50. The van der Waals surface area contributed by atoms with Crippen LogP contribution in [-0.4, -0.2) is 44.3 Å². The highest BCUT2D eigenvalue weighted by molar-refractivity contribution is 5.85. The minimum absolute atomic E-state index is 0. The van der Waals surface area contributed by atoms with Gasteiger partial charge in [-0.15, -0.1) is 12.4 Å². The van der Waals surface area contributed by atoms with E-state index >= 15 is 0 Å². The van der Waals surface area contributed by atoms with E-state index in [-0.39, 0.29) is 17.8 Å². The van der Waals surface area contributed by atoms with E-state index in [1.807, 2.05) is 0 Å². The molecule has 1 saturated heterocycles. The number of ether oxygens (including phenoxy) is 1. The van der Waals surface area contributed by atoms with Gasteiger partial charge in [-0.3, -0.25) is 0 Å². The molecule has 0 aromatic rings. The van der Waals surface area contributed by atoms with E-state index in [9.17, 15) is 0 Å². The number of halogens is 1. The third-order valence-electron chi connectivity index (χ3n) is 2.82. The summed E-state index contributed by atoms with van der Waals surface area (Å²) in [5.74, 6) is 0. The zero-order chi connectivity index (χ0) is 10.6. The summed E-state index contributed by atoms with van der Waals surface area (Å²) in [5, 5.41) is 0. The lowest BCUT2D eigenvalue weighted by atomic mass is 9.92. The standard InChI is InChI=1S/C11H24N2O.ClH/c1-11(2,9-14-3)8-13-6-4-10(12)5-7-13;/h10H,4-9,12H2,1-3H3;1H. The van der Waals surface area contributed by atoms with Crippen molar-refractivity contribution in [3.8, 4) is 0 Å². The Hall–Kier alpha value is 0.170. The Morgan fingerprint density at radius 2 is 1.87 bits per heavy atom. The van der Waals surface area contributed by atoms with Gasteiger partial charge in [0, 0.05) is 25.1 Å². The Balaban J connectivity index is 0.00000196. The first-order chi connectivity index (χ1) is 6.53. The molecule has 15 heavy (non-hydrogen) atoms. The van der Waals surface area contributed by atoms with Gasteiger partial charge in [-0.25, -0.2) is 0 Å². The molecule has 1 fully saturated rings. The van der Waals surface area contributed by atoms with Crippen LogP contribution in [0, 0.1) is 5.41 Å². The van der Waals surface area contributed by atoms with Crippen LogP contribution in [0.4, 0.5) is 0 Å². The number of piperidine rings is 1. The first-order valence-electron chi connectivity index (χ1n) is 5.50. The second kappa shape index (κ2) is 6.69. The van der Waals surface area contributed by atoms with E-state index in [0.717, 1.165) is 39.1 Å². The van der Waals surface area contributed by atoms with Crippen molar-refractivity contribution >= 4 is 12.4 Å². The molecular formula is C11H25ClN2O. The van der Waals surface area contributed by atoms with Crippen molar-refractivity contribution in [2.75, 3.05) is 33.4 Å². The molecule has 0 saturated carbocycles. The molecule has 0 spiro atoms. The van der Waals surface area contributed by atoms with Crippen molar-refractivity contribution < 1.29 is 4.74 Å². The van der Waals surface area contributed by atoms with Crippen LogP contribution in [0.5, 0.6) is 0 Å². The lowest BCUT2D eigenvalue weighted by Crippen LogP contribution is -2.44. The molecule has 0 aliphatic carbocycles. The number of hydrogen-bond donors (Lipinski definition) is 1. The van der Waals surface area contributed by atoms with Gasteiger partial charge in [0.25, 0.3) is 0 Å². The van der Waals surface area contributed by atoms with Crippen molar-refractivity contribution in [1.82, 2.24) is 4.90 Å². The Bertz CT molecular complexity index is 168. The van der Waals surface area contributed by atoms with Crippen LogP contribution < -0.4 is 5.73 Å². The minimum Gasteiger partial charge on any atom is -0.384 e. The predicted octanol–water partition coefficient (Wildman–Crippen LogP) is 1.50. The fraction of sp³-hybridized carbons (Fsp3) is 1.00. The summed E-state index contributed by atoms with van der Waals surface area (Å²) in [7, 11) is 1.77. The quantitative estimate of drug-likeness (QED) is 0.804. The largest absolute Gasteiger partial charge is 0.384 e. The fourth-order valence-corrected chi connectivity index (χ4v) is 2.15. The lowest BCUT2D eigenvalue weighted by Gasteiger charge is -2.36. The minimum atomic E-state index is 0. The third-order valence-corrected chi connectivity index (χ3v) is 2.82. The molecule has 1 aliphatic rings. The fourth-order valence-electron chi connectivity index (χ4n) is 2.15. The SMILES string of the molecule is COCC(C)(C)CN1CCC(N)CC1.Cl. The highest BCUT2D eigenvalue weighted by atomic mass is 35.5. The number of likely N-dealkylation sites (tertiary alicyclic amines) is 1. The summed E-state index contributed by atoms with van der Waals surface area (Å²) in [6.07, 6.45) is 2.28. The highest BCUT2D eigenvalue weighted by Gasteiger charge is 2.24. The van der Waals surface area contributed by atoms with Crippen molar-refractivity contribution in [3.05, 3.63) is 0 Å². The zero-order valence-corrected chi connectivity index (χ0v) is 11.0. The van der Waals surface area contributed by atoms with Gasteiger partial charge in [0.05, 0.1) is 6.61 Å². The van der Waals surface area contributed by atoms with Crippen LogP contribution in [0.25, 0.3) is 0 Å². The first kappa shape index (κ1) is 15.2.